The van der Waals surface area contributed by atoms with Gasteiger partial charge in [-0.2, -0.15) is 0 Å². The zero-order valence-corrected chi connectivity index (χ0v) is 12.0. The quantitative estimate of drug-likeness (QED) is 0.678. The molecule has 0 saturated heterocycles. The largest absolute Gasteiger partial charge is 0.291 e. The molecule has 3 rings (SSSR count). The molecule has 0 fully saturated rings. The summed E-state index contributed by atoms with van der Waals surface area (Å²) < 4.78 is 2.66. The van der Waals surface area contributed by atoms with Crippen molar-refractivity contribution in [1.82, 2.24) is 14.6 Å². The Morgan fingerprint density at radius 2 is 1.95 bits per heavy atom. The summed E-state index contributed by atoms with van der Waals surface area (Å²) in [6.45, 7) is 6.08. The fraction of sp³-hybridized carbons (Fsp3) is 0.200. The molecule has 0 atom stereocenters. The van der Waals surface area contributed by atoms with E-state index in [1.54, 1.807) is 0 Å². The number of H-pyrrole nitrogens is 1. The van der Waals surface area contributed by atoms with Crippen molar-refractivity contribution >= 4 is 17.9 Å². The van der Waals surface area contributed by atoms with Crippen molar-refractivity contribution < 1.29 is 0 Å². The normalized spacial score (nSPS) is 11.1. The third kappa shape index (κ3) is 1.98. The molecule has 3 nitrogen and oxygen atoms in total. The Kier molecular flexibility index (Phi) is 2.75. The Morgan fingerprint density at radius 1 is 1.16 bits per heavy atom. The van der Waals surface area contributed by atoms with Crippen LogP contribution in [0.5, 0.6) is 0 Å². The molecule has 3 aromatic rings. The first-order chi connectivity index (χ1) is 9.06. The number of aromatic amines is 1. The van der Waals surface area contributed by atoms with Crippen molar-refractivity contribution in [2.45, 2.75) is 20.8 Å². The smallest absolute Gasteiger partial charge is 0.155 e. The highest BCUT2D eigenvalue weighted by Gasteiger charge is 2.07. The molecule has 96 valence electrons. The van der Waals surface area contributed by atoms with E-state index in [0.717, 1.165) is 32.8 Å². The van der Waals surface area contributed by atoms with Crippen LogP contribution in [-0.2, 0) is 0 Å². The second-order valence-corrected chi connectivity index (χ2v) is 5.25. The average Bonchev–Trinajstić information content (AvgIpc) is 2.80. The lowest BCUT2D eigenvalue weighted by Crippen LogP contribution is -1.98. The van der Waals surface area contributed by atoms with Gasteiger partial charge in [0, 0.05) is 17.3 Å². The molecule has 0 radical (unpaired) electrons. The number of aryl methyl sites for hydroxylation is 2. The number of benzene rings is 1. The average molecular weight is 269 g/mol. The van der Waals surface area contributed by atoms with Gasteiger partial charge >= 0.3 is 0 Å². The molecule has 0 amide bonds. The molecule has 1 aromatic carbocycles. The van der Waals surface area contributed by atoms with Crippen molar-refractivity contribution in [3.8, 4) is 11.3 Å². The Hall–Kier alpha value is -1.94. The third-order valence-corrected chi connectivity index (χ3v) is 3.90. The van der Waals surface area contributed by atoms with Crippen molar-refractivity contribution in [1.29, 1.82) is 0 Å². The maximum absolute atomic E-state index is 5.46. The van der Waals surface area contributed by atoms with Crippen molar-refractivity contribution in [3.05, 3.63) is 51.8 Å². The fourth-order valence-electron chi connectivity index (χ4n) is 2.18. The Bertz CT molecular complexity index is 827. The molecular formula is C15H15N3S. The standard InChI is InChI=1S/C15H15N3S/c1-9-5-4-6-12(7-9)13-8-14-16-11(3)10(2)15(19)18(14)17-13/h4-8,17H,1-3H3. The third-order valence-electron chi connectivity index (χ3n) is 3.41. The number of aromatic nitrogens is 3. The summed E-state index contributed by atoms with van der Waals surface area (Å²) in [5.41, 5.74) is 6.32. The highest BCUT2D eigenvalue weighted by atomic mass is 32.1. The van der Waals surface area contributed by atoms with Crippen LogP contribution >= 0.6 is 12.2 Å². The van der Waals surface area contributed by atoms with Gasteiger partial charge in [0.05, 0.1) is 5.69 Å². The maximum Gasteiger partial charge on any atom is 0.155 e. The molecule has 0 unspecified atom stereocenters. The minimum Gasteiger partial charge on any atom is -0.291 e. The molecule has 0 spiro atoms. The Labute approximate surface area is 116 Å². The number of nitrogens with one attached hydrogen (secondary N) is 1. The van der Waals surface area contributed by atoms with Crippen molar-refractivity contribution in [2.75, 3.05) is 0 Å². The minimum atomic E-state index is 0.793. The molecule has 0 aliphatic rings. The molecule has 0 aliphatic carbocycles. The molecule has 19 heavy (non-hydrogen) atoms. The molecule has 0 saturated carbocycles. The van der Waals surface area contributed by atoms with Gasteiger partial charge in [-0.05, 0) is 32.4 Å². The number of nitrogens with zero attached hydrogens (tertiary/aromatic N) is 2. The van der Waals surface area contributed by atoms with Crippen LogP contribution in [0.2, 0.25) is 0 Å². The van der Waals surface area contributed by atoms with Crippen LogP contribution in [0, 0.1) is 25.4 Å². The van der Waals surface area contributed by atoms with Crippen LogP contribution in [0.3, 0.4) is 0 Å². The summed E-state index contributed by atoms with van der Waals surface area (Å²) >= 11 is 5.46. The van der Waals surface area contributed by atoms with E-state index in [2.05, 4.69) is 41.3 Å². The second kappa shape index (κ2) is 4.31. The summed E-state index contributed by atoms with van der Waals surface area (Å²) in [6.07, 6.45) is 0. The van der Waals surface area contributed by atoms with E-state index in [-0.39, 0.29) is 0 Å². The molecule has 0 aliphatic heterocycles. The van der Waals surface area contributed by atoms with E-state index in [1.807, 2.05) is 24.4 Å². The van der Waals surface area contributed by atoms with Gasteiger partial charge in [0.1, 0.15) is 4.64 Å². The van der Waals surface area contributed by atoms with E-state index in [0.29, 0.717) is 0 Å². The van der Waals surface area contributed by atoms with Crippen LogP contribution in [0.1, 0.15) is 16.8 Å². The van der Waals surface area contributed by atoms with E-state index < -0.39 is 0 Å². The van der Waals surface area contributed by atoms with Crippen LogP contribution in [0.4, 0.5) is 0 Å². The van der Waals surface area contributed by atoms with Gasteiger partial charge in [-0.1, -0.05) is 36.0 Å². The maximum atomic E-state index is 5.46. The molecule has 0 bridgehead atoms. The first-order valence-corrected chi connectivity index (χ1v) is 6.63. The summed E-state index contributed by atoms with van der Waals surface area (Å²) in [6, 6.07) is 10.4. The highest BCUT2D eigenvalue weighted by Crippen LogP contribution is 2.21. The number of hydrogen-bond acceptors (Lipinski definition) is 2. The lowest BCUT2D eigenvalue weighted by Gasteiger charge is -2.01. The molecule has 2 heterocycles. The van der Waals surface area contributed by atoms with Crippen molar-refractivity contribution in [2.24, 2.45) is 0 Å². The first kappa shape index (κ1) is 12.1. The number of fused-ring (bicyclic) bond motifs is 1. The SMILES string of the molecule is Cc1cccc(-c2cc3nc(C)c(C)c(=S)n3[nH]2)c1. The highest BCUT2D eigenvalue weighted by molar-refractivity contribution is 7.71. The van der Waals surface area contributed by atoms with Crippen molar-refractivity contribution in [3.63, 3.8) is 0 Å². The summed E-state index contributed by atoms with van der Waals surface area (Å²) in [5.74, 6) is 0. The number of rotatable bonds is 1. The Balaban J connectivity index is 2.28. The predicted molar refractivity (Wildman–Crippen MR) is 80.0 cm³/mol. The van der Waals surface area contributed by atoms with E-state index in [9.17, 15) is 0 Å². The van der Waals surface area contributed by atoms with Crippen LogP contribution < -0.4 is 0 Å². The summed E-state index contributed by atoms with van der Waals surface area (Å²) in [4.78, 5) is 4.57. The zero-order valence-electron chi connectivity index (χ0n) is 11.2. The lowest BCUT2D eigenvalue weighted by molar-refractivity contribution is 0.903. The Morgan fingerprint density at radius 3 is 2.68 bits per heavy atom. The first-order valence-electron chi connectivity index (χ1n) is 6.22. The van der Waals surface area contributed by atoms with Gasteiger partial charge in [0.15, 0.2) is 5.65 Å². The summed E-state index contributed by atoms with van der Waals surface area (Å²) in [5, 5.41) is 3.33. The van der Waals surface area contributed by atoms with Gasteiger partial charge in [-0.25, -0.2) is 9.50 Å². The van der Waals surface area contributed by atoms with E-state index in [4.69, 9.17) is 12.2 Å². The van der Waals surface area contributed by atoms with E-state index in [1.165, 1.54) is 5.56 Å². The molecule has 1 N–H and O–H groups in total. The van der Waals surface area contributed by atoms with Gasteiger partial charge < -0.3 is 0 Å². The monoisotopic (exact) mass is 269 g/mol. The van der Waals surface area contributed by atoms with Gasteiger partial charge in [0.25, 0.3) is 0 Å². The van der Waals surface area contributed by atoms with Crippen LogP contribution in [0.25, 0.3) is 16.9 Å². The zero-order chi connectivity index (χ0) is 13.6. The second-order valence-electron chi connectivity index (χ2n) is 4.86. The molecular weight excluding hydrogens is 254 g/mol. The predicted octanol–water partition coefficient (Wildman–Crippen LogP) is 3.98. The van der Waals surface area contributed by atoms with Gasteiger partial charge in [-0.3, -0.25) is 5.10 Å². The molecule has 4 heteroatoms. The summed E-state index contributed by atoms with van der Waals surface area (Å²) in [7, 11) is 0. The minimum absolute atomic E-state index is 0.793. The van der Waals surface area contributed by atoms with Crippen LogP contribution in [-0.4, -0.2) is 14.6 Å². The molecule has 2 aromatic heterocycles. The van der Waals surface area contributed by atoms with Gasteiger partial charge in [0.2, 0.25) is 0 Å². The van der Waals surface area contributed by atoms with Gasteiger partial charge in [-0.15, -0.1) is 0 Å². The number of hydrogen-bond donors (Lipinski definition) is 1. The lowest BCUT2D eigenvalue weighted by atomic mass is 10.1. The van der Waals surface area contributed by atoms with Crippen LogP contribution in [0.15, 0.2) is 30.3 Å². The topological polar surface area (TPSA) is 33.1 Å². The van der Waals surface area contributed by atoms with E-state index >= 15 is 0 Å². The fourth-order valence-corrected chi connectivity index (χ4v) is 2.47.